The van der Waals surface area contributed by atoms with E-state index in [1.807, 2.05) is 11.0 Å². The van der Waals surface area contributed by atoms with Gasteiger partial charge < -0.3 is 19.9 Å². The maximum atomic E-state index is 12.3. The summed E-state index contributed by atoms with van der Waals surface area (Å²) in [5.41, 5.74) is 3.48. The molecule has 6 heteroatoms. The topological polar surface area (TPSA) is 61.9 Å². The number of piperazine rings is 1. The molecular weight excluding hydrogens is 306 g/mol. The van der Waals surface area contributed by atoms with Crippen molar-refractivity contribution >= 4 is 17.7 Å². The van der Waals surface area contributed by atoms with Crippen molar-refractivity contribution in [3.63, 3.8) is 0 Å². The lowest BCUT2D eigenvalue weighted by Gasteiger charge is -2.34. The van der Waals surface area contributed by atoms with Gasteiger partial charge in [-0.25, -0.2) is 4.79 Å². The van der Waals surface area contributed by atoms with Crippen molar-refractivity contribution in [1.29, 1.82) is 0 Å². The van der Waals surface area contributed by atoms with E-state index < -0.39 is 0 Å². The molecule has 0 spiro atoms. The Balaban J connectivity index is 1.75. The number of anilines is 1. The number of benzene rings is 1. The van der Waals surface area contributed by atoms with Crippen molar-refractivity contribution in [1.82, 2.24) is 9.80 Å². The maximum Gasteiger partial charge on any atom is 0.409 e. The molecule has 1 heterocycles. The predicted molar refractivity (Wildman–Crippen MR) is 94.2 cm³/mol. The van der Waals surface area contributed by atoms with E-state index in [-0.39, 0.29) is 12.0 Å². The Labute approximate surface area is 143 Å². The summed E-state index contributed by atoms with van der Waals surface area (Å²) in [5, 5.41) is 3.36. The second-order valence-corrected chi connectivity index (χ2v) is 6.01. The molecule has 2 amide bonds. The zero-order chi connectivity index (χ0) is 17.5. The van der Waals surface area contributed by atoms with Crippen molar-refractivity contribution in [3.8, 4) is 0 Å². The van der Waals surface area contributed by atoms with Gasteiger partial charge in [-0.3, -0.25) is 4.79 Å². The molecule has 1 aromatic rings. The van der Waals surface area contributed by atoms with Crippen LogP contribution in [0.3, 0.4) is 0 Å². The summed E-state index contributed by atoms with van der Waals surface area (Å²) in [6, 6.07) is 6.15. The third-order valence-corrected chi connectivity index (χ3v) is 4.28. The third kappa shape index (κ3) is 4.63. The van der Waals surface area contributed by atoms with Crippen molar-refractivity contribution in [2.24, 2.45) is 0 Å². The van der Waals surface area contributed by atoms with E-state index in [0.29, 0.717) is 45.8 Å². The SMILES string of the molecule is CCOC(=O)N1CCN(C(=O)CCNc2c(C)cccc2C)CC1. The Morgan fingerprint density at radius 2 is 1.67 bits per heavy atom. The van der Waals surface area contributed by atoms with Gasteiger partial charge in [0.05, 0.1) is 6.61 Å². The number of hydrogen-bond acceptors (Lipinski definition) is 4. The number of carbonyl (C=O) groups excluding carboxylic acids is 2. The zero-order valence-electron chi connectivity index (χ0n) is 14.8. The Kier molecular flexibility index (Phi) is 6.46. The molecule has 132 valence electrons. The van der Waals surface area contributed by atoms with E-state index in [1.54, 1.807) is 11.8 Å². The van der Waals surface area contributed by atoms with Crippen molar-refractivity contribution in [3.05, 3.63) is 29.3 Å². The standard InChI is InChI=1S/C18H27N3O3/c1-4-24-18(23)21-12-10-20(11-13-21)16(22)8-9-19-17-14(2)6-5-7-15(17)3/h5-7,19H,4,8-13H2,1-3H3. The first-order valence-corrected chi connectivity index (χ1v) is 8.52. The molecule has 1 aromatic carbocycles. The van der Waals surface area contributed by atoms with Crippen molar-refractivity contribution in [2.75, 3.05) is 44.6 Å². The number of carbonyl (C=O) groups is 2. The molecule has 0 bridgehead atoms. The van der Waals surface area contributed by atoms with Crippen LogP contribution >= 0.6 is 0 Å². The minimum Gasteiger partial charge on any atom is -0.450 e. The van der Waals surface area contributed by atoms with Gasteiger partial charge in [-0.1, -0.05) is 18.2 Å². The van der Waals surface area contributed by atoms with Gasteiger partial charge in [0.1, 0.15) is 0 Å². The summed E-state index contributed by atoms with van der Waals surface area (Å²) in [7, 11) is 0. The van der Waals surface area contributed by atoms with E-state index in [0.717, 1.165) is 5.69 Å². The molecule has 0 aliphatic carbocycles. The molecule has 2 rings (SSSR count). The van der Waals surface area contributed by atoms with E-state index in [1.165, 1.54) is 11.1 Å². The Bertz CT molecular complexity index is 561. The summed E-state index contributed by atoms with van der Waals surface area (Å²) in [6.07, 6.45) is 0.161. The summed E-state index contributed by atoms with van der Waals surface area (Å²) in [6.45, 7) is 9.12. The highest BCUT2D eigenvalue weighted by Crippen LogP contribution is 2.19. The van der Waals surface area contributed by atoms with E-state index in [9.17, 15) is 9.59 Å². The smallest absolute Gasteiger partial charge is 0.409 e. The van der Waals surface area contributed by atoms with Gasteiger partial charge in [-0.05, 0) is 31.9 Å². The molecule has 1 saturated heterocycles. The van der Waals surface area contributed by atoms with Crippen LogP contribution in [0.4, 0.5) is 10.5 Å². The van der Waals surface area contributed by atoms with Gasteiger partial charge in [0.15, 0.2) is 0 Å². The molecule has 24 heavy (non-hydrogen) atoms. The van der Waals surface area contributed by atoms with Crippen molar-refractivity contribution in [2.45, 2.75) is 27.2 Å². The summed E-state index contributed by atoms with van der Waals surface area (Å²) >= 11 is 0. The molecule has 1 N–H and O–H groups in total. The van der Waals surface area contributed by atoms with Crippen LogP contribution in [0.15, 0.2) is 18.2 Å². The minimum absolute atomic E-state index is 0.122. The Morgan fingerprint density at radius 1 is 1.08 bits per heavy atom. The number of nitrogens with one attached hydrogen (secondary N) is 1. The number of rotatable bonds is 5. The summed E-state index contributed by atoms with van der Waals surface area (Å²) < 4.78 is 4.99. The number of ether oxygens (including phenoxy) is 1. The van der Waals surface area contributed by atoms with E-state index in [2.05, 4.69) is 31.3 Å². The predicted octanol–water partition coefficient (Wildman–Crippen LogP) is 2.41. The molecule has 1 aliphatic heterocycles. The van der Waals surface area contributed by atoms with Gasteiger partial charge >= 0.3 is 6.09 Å². The monoisotopic (exact) mass is 333 g/mol. The van der Waals surface area contributed by atoms with Crippen molar-refractivity contribution < 1.29 is 14.3 Å². The summed E-state index contributed by atoms with van der Waals surface area (Å²) in [4.78, 5) is 27.4. The molecule has 6 nitrogen and oxygen atoms in total. The normalized spacial score (nSPS) is 14.5. The minimum atomic E-state index is -0.290. The van der Waals surface area contributed by atoms with E-state index in [4.69, 9.17) is 4.74 Å². The zero-order valence-corrected chi connectivity index (χ0v) is 14.8. The molecule has 1 fully saturated rings. The lowest BCUT2D eigenvalue weighted by molar-refractivity contribution is -0.132. The largest absolute Gasteiger partial charge is 0.450 e. The Morgan fingerprint density at radius 3 is 2.25 bits per heavy atom. The lowest BCUT2D eigenvalue weighted by atomic mass is 10.1. The molecule has 0 saturated carbocycles. The fourth-order valence-electron chi connectivity index (χ4n) is 2.90. The van der Waals surface area contributed by atoms with Crippen LogP contribution in [-0.2, 0) is 9.53 Å². The number of amides is 2. The van der Waals surface area contributed by atoms with E-state index >= 15 is 0 Å². The highest BCUT2D eigenvalue weighted by molar-refractivity contribution is 5.77. The fourth-order valence-corrected chi connectivity index (χ4v) is 2.90. The van der Waals surface area contributed by atoms with Crippen LogP contribution in [0, 0.1) is 13.8 Å². The third-order valence-electron chi connectivity index (χ3n) is 4.28. The maximum absolute atomic E-state index is 12.3. The summed E-state index contributed by atoms with van der Waals surface area (Å²) in [5.74, 6) is 0.122. The average Bonchev–Trinajstić information content (AvgIpc) is 2.57. The van der Waals surface area contributed by atoms with Crippen LogP contribution in [0.25, 0.3) is 0 Å². The van der Waals surface area contributed by atoms with Crippen LogP contribution in [-0.4, -0.2) is 61.1 Å². The molecule has 0 aromatic heterocycles. The van der Waals surface area contributed by atoms with Gasteiger partial charge in [-0.2, -0.15) is 0 Å². The lowest BCUT2D eigenvalue weighted by Crippen LogP contribution is -2.50. The van der Waals surface area contributed by atoms with Crippen LogP contribution in [0.1, 0.15) is 24.5 Å². The Hall–Kier alpha value is -2.24. The number of hydrogen-bond donors (Lipinski definition) is 1. The molecular formula is C18H27N3O3. The molecule has 0 atom stereocenters. The first-order chi connectivity index (χ1) is 11.5. The van der Waals surface area contributed by atoms with Gasteiger partial charge in [0.2, 0.25) is 5.91 Å². The number of para-hydroxylation sites is 1. The first kappa shape index (κ1) is 18.1. The first-order valence-electron chi connectivity index (χ1n) is 8.52. The molecule has 0 radical (unpaired) electrons. The van der Waals surface area contributed by atoms with Crippen LogP contribution in [0.2, 0.25) is 0 Å². The van der Waals surface area contributed by atoms with Gasteiger partial charge in [0.25, 0.3) is 0 Å². The number of aryl methyl sites for hydroxylation is 2. The fraction of sp³-hybridized carbons (Fsp3) is 0.556. The molecule has 1 aliphatic rings. The average molecular weight is 333 g/mol. The second-order valence-electron chi connectivity index (χ2n) is 6.01. The quantitative estimate of drug-likeness (QED) is 0.899. The van der Waals surface area contributed by atoms with Gasteiger partial charge in [-0.15, -0.1) is 0 Å². The van der Waals surface area contributed by atoms with Crippen LogP contribution in [0.5, 0.6) is 0 Å². The highest BCUT2D eigenvalue weighted by atomic mass is 16.6. The highest BCUT2D eigenvalue weighted by Gasteiger charge is 2.24. The van der Waals surface area contributed by atoms with Crippen LogP contribution < -0.4 is 5.32 Å². The van der Waals surface area contributed by atoms with Gasteiger partial charge in [0, 0.05) is 44.8 Å². The second kappa shape index (κ2) is 8.57. The molecule has 0 unspecified atom stereocenters. The number of nitrogens with zero attached hydrogens (tertiary/aromatic N) is 2.